The van der Waals surface area contributed by atoms with E-state index in [1.165, 1.54) is 11.1 Å². The molecule has 0 aliphatic carbocycles. The molecule has 0 aromatic heterocycles. The molecule has 14 heavy (non-hydrogen) atoms. The lowest BCUT2D eigenvalue weighted by Crippen LogP contribution is -2.25. The summed E-state index contributed by atoms with van der Waals surface area (Å²) < 4.78 is 0. The maximum atomic E-state index is 3.50. The molecule has 0 heterocycles. The summed E-state index contributed by atoms with van der Waals surface area (Å²) in [6, 6.07) is 9.86. The lowest BCUT2D eigenvalue weighted by Gasteiger charge is -2.17. The lowest BCUT2D eigenvalue weighted by molar-refractivity contribution is 0.506. The largest absolute Gasteiger partial charge is 0.308 e. The second kappa shape index (κ2) is 5.16. The van der Waals surface area contributed by atoms with Gasteiger partial charge in [0.25, 0.3) is 0 Å². The van der Waals surface area contributed by atoms with Crippen LogP contribution in [0.1, 0.15) is 44.9 Å². The molecule has 0 aliphatic heterocycles. The molecule has 1 aromatic rings. The topological polar surface area (TPSA) is 12.0 Å². The summed E-state index contributed by atoms with van der Waals surface area (Å²) in [7, 11) is 0. The van der Waals surface area contributed by atoms with E-state index in [2.05, 4.69) is 57.3 Å². The smallest absolute Gasteiger partial charge is 0.0294 e. The average Bonchev–Trinajstić information content (AvgIpc) is 2.17. The van der Waals surface area contributed by atoms with E-state index in [1.54, 1.807) is 0 Å². The number of benzene rings is 1. The van der Waals surface area contributed by atoms with Crippen LogP contribution in [0.4, 0.5) is 0 Å². The highest BCUT2D eigenvalue weighted by atomic mass is 14.9. The first-order valence-electron chi connectivity index (χ1n) is 5.48. The molecule has 0 unspecified atom stereocenters. The summed E-state index contributed by atoms with van der Waals surface area (Å²) in [6.45, 7) is 8.75. The Hall–Kier alpha value is -0.820. The van der Waals surface area contributed by atoms with Gasteiger partial charge < -0.3 is 5.32 Å². The maximum absolute atomic E-state index is 3.50. The first-order chi connectivity index (χ1) is 6.63. The van der Waals surface area contributed by atoms with Crippen molar-refractivity contribution in [3.05, 3.63) is 35.4 Å². The Morgan fingerprint density at radius 3 is 2.07 bits per heavy atom. The second-order valence-corrected chi connectivity index (χ2v) is 4.14. The molecule has 78 valence electrons. The zero-order chi connectivity index (χ0) is 10.6. The third-order valence-corrected chi connectivity index (χ3v) is 2.47. The number of hydrogen-bond acceptors (Lipinski definition) is 1. The average molecular weight is 191 g/mol. The van der Waals surface area contributed by atoms with E-state index in [0.29, 0.717) is 12.1 Å². The van der Waals surface area contributed by atoms with Gasteiger partial charge in [0.2, 0.25) is 0 Å². The monoisotopic (exact) mass is 191 g/mol. The van der Waals surface area contributed by atoms with Gasteiger partial charge in [-0.1, -0.05) is 45.0 Å². The second-order valence-electron chi connectivity index (χ2n) is 4.14. The van der Waals surface area contributed by atoms with E-state index in [9.17, 15) is 0 Å². The molecule has 0 spiro atoms. The van der Waals surface area contributed by atoms with Crippen molar-refractivity contribution >= 4 is 0 Å². The van der Waals surface area contributed by atoms with Gasteiger partial charge in [-0.25, -0.2) is 0 Å². The van der Waals surface area contributed by atoms with Crippen molar-refractivity contribution in [3.8, 4) is 0 Å². The van der Waals surface area contributed by atoms with Crippen LogP contribution < -0.4 is 5.32 Å². The van der Waals surface area contributed by atoms with Crippen molar-refractivity contribution in [1.29, 1.82) is 0 Å². The maximum Gasteiger partial charge on any atom is 0.0294 e. The van der Waals surface area contributed by atoms with Gasteiger partial charge in [-0.05, 0) is 24.5 Å². The van der Waals surface area contributed by atoms with Crippen LogP contribution in [0.5, 0.6) is 0 Å². The van der Waals surface area contributed by atoms with Gasteiger partial charge in [-0.3, -0.25) is 0 Å². The third-order valence-electron chi connectivity index (χ3n) is 2.47. The fourth-order valence-corrected chi connectivity index (χ4v) is 1.64. The first-order valence-corrected chi connectivity index (χ1v) is 5.48. The Morgan fingerprint density at radius 2 is 1.64 bits per heavy atom. The summed E-state index contributed by atoms with van der Waals surface area (Å²) in [5.74, 6) is 0. The zero-order valence-electron chi connectivity index (χ0n) is 9.67. The molecule has 1 heteroatoms. The summed E-state index contributed by atoms with van der Waals surface area (Å²) >= 11 is 0. The Bertz CT molecular complexity index is 261. The van der Waals surface area contributed by atoms with Gasteiger partial charge in [0.15, 0.2) is 0 Å². The van der Waals surface area contributed by atoms with E-state index in [0.717, 1.165) is 6.42 Å². The molecule has 0 radical (unpaired) electrons. The van der Waals surface area contributed by atoms with E-state index in [1.807, 2.05) is 0 Å². The highest BCUT2D eigenvalue weighted by Crippen LogP contribution is 2.14. The van der Waals surface area contributed by atoms with Gasteiger partial charge in [-0.15, -0.1) is 0 Å². The van der Waals surface area contributed by atoms with E-state index < -0.39 is 0 Å². The Morgan fingerprint density at radius 1 is 1.07 bits per heavy atom. The summed E-state index contributed by atoms with van der Waals surface area (Å²) in [6.07, 6.45) is 1.12. The van der Waals surface area contributed by atoms with Gasteiger partial charge in [0.05, 0.1) is 0 Å². The highest BCUT2D eigenvalue weighted by Gasteiger charge is 2.05. The molecule has 1 rings (SSSR count). The summed E-state index contributed by atoms with van der Waals surface area (Å²) in [4.78, 5) is 0. The van der Waals surface area contributed by atoms with Crippen molar-refractivity contribution in [1.82, 2.24) is 5.32 Å². The van der Waals surface area contributed by atoms with Crippen LogP contribution in [0.15, 0.2) is 24.3 Å². The minimum atomic E-state index is 0.445. The fourth-order valence-electron chi connectivity index (χ4n) is 1.64. The van der Waals surface area contributed by atoms with Crippen molar-refractivity contribution < 1.29 is 0 Å². The molecule has 0 aliphatic rings. The minimum absolute atomic E-state index is 0.445. The molecular formula is C13H21N. The van der Waals surface area contributed by atoms with Gasteiger partial charge in [0, 0.05) is 12.1 Å². The van der Waals surface area contributed by atoms with Crippen molar-refractivity contribution in [2.75, 3.05) is 0 Å². The first kappa shape index (κ1) is 11.3. The normalized spacial score (nSPS) is 13.2. The van der Waals surface area contributed by atoms with Crippen LogP contribution in [-0.4, -0.2) is 6.04 Å². The number of rotatable bonds is 4. The van der Waals surface area contributed by atoms with E-state index in [-0.39, 0.29) is 0 Å². The quantitative estimate of drug-likeness (QED) is 0.770. The van der Waals surface area contributed by atoms with Gasteiger partial charge >= 0.3 is 0 Å². The third kappa shape index (κ3) is 3.15. The molecular weight excluding hydrogens is 170 g/mol. The van der Waals surface area contributed by atoms with Crippen LogP contribution in [0.3, 0.4) is 0 Å². The molecule has 0 saturated carbocycles. The van der Waals surface area contributed by atoms with E-state index >= 15 is 0 Å². The predicted octanol–water partition coefficient (Wildman–Crippen LogP) is 3.31. The van der Waals surface area contributed by atoms with Crippen molar-refractivity contribution in [3.63, 3.8) is 0 Å². The molecule has 1 N–H and O–H groups in total. The fraction of sp³-hybridized carbons (Fsp3) is 0.538. The molecule has 1 nitrogen and oxygen atoms in total. The van der Waals surface area contributed by atoms with Gasteiger partial charge in [-0.2, -0.15) is 0 Å². The zero-order valence-corrected chi connectivity index (χ0v) is 9.67. The van der Waals surface area contributed by atoms with Crippen LogP contribution in [0, 0.1) is 0 Å². The van der Waals surface area contributed by atoms with Gasteiger partial charge in [0.1, 0.15) is 0 Å². The Balaban J connectivity index is 2.66. The minimum Gasteiger partial charge on any atom is -0.308 e. The highest BCUT2D eigenvalue weighted by molar-refractivity contribution is 5.24. The van der Waals surface area contributed by atoms with Crippen LogP contribution in [0.25, 0.3) is 0 Å². The molecule has 0 amide bonds. The Labute approximate surface area is 87.5 Å². The molecule has 1 atom stereocenters. The number of nitrogens with one attached hydrogen (secondary N) is 1. The summed E-state index contributed by atoms with van der Waals surface area (Å²) in [5, 5.41) is 3.50. The molecule has 0 fully saturated rings. The van der Waals surface area contributed by atoms with Crippen LogP contribution >= 0.6 is 0 Å². The lowest BCUT2D eigenvalue weighted by atomic mass is 10.0. The van der Waals surface area contributed by atoms with Crippen molar-refractivity contribution in [2.45, 2.75) is 46.2 Å². The molecule has 1 aromatic carbocycles. The number of hydrogen-bond donors (Lipinski definition) is 1. The molecule has 0 saturated heterocycles. The van der Waals surface area contributed by atoms with E-state index in [4.69, 9.17) is 0 Å². The standard InChI is InChI=1S/C13H21N/c1-5-12-6-8-13(9-7-12)11(4)14-10(2)3/h6-11,14H,5H2,1-4H3/t11-/m0/s1. The Kier molecular flexibility index (Phi) is 4.15. The number of aryl methyl sites for hydroxylation is 1. The van der Waals surface area contributed by atoms with Crippen molar-refractivity contribution in [2.24, 2.45) is 0 Å². The van der Waals surface area contributed by atoms with Crippen LogP contribution in [-0.2, 0) is 6.42 Å². The van der Waals surface area contributed by atoms with Crippen LogP contribution in [0.2, 0.25) is 0 Å². The molecule has 0 bridgehead atoms. The predicted molar refractivity (Wildman–Crippen MR) is 62.5 cm³/mol. The summed E-state index contributed by atoms with van der Waals surface area (Å²) in [5.41, 5.74) is 2.78. The SMILES string of the molecule is CCc1ccc([C@H](C)NC(C)C)cc1.